The molecule has 0 aliphatic heterocycles. The molecule has 206 valence electrons. The van der Waals surface area contributed by atoms with Crippen LogP contribution in [-0.2, 0) is 10.0 Å². The summed E-state index contributed by atoms with van der Waals surface area (Å²) in [6.07, 6.45) is -4.84. The lowest BCUT2D eigenvalue weighted by atomic mass is 10.1. The summed E-state index contributed by atoms with van der Waals surface area (Å²) in [7, 11) is -4.74. The van der Waals surface area contributed by atoms with E-state index in [1.54, 1.807) is 13.8 Å². The minimum absolute atomic E-state index is 0.0139. The van der Waals surface area contributed by atoms with Gasteiger partial charge in [0.2, 0.25) is 10.0 Å². The fraction of sp³-hybridized carbons (Fsp3) is 0.350. The lowest BCUT2D eigenvalue weighted by molar-refractivity contribution is -0.147. The molecule has 38 heavy (non-hydrogen) atoms. The van der Waals surface area contributed by atoms with Gasteiger partial charge in [0.05, 0.1) is 14.9 Å². The third kappa shape index (κ3) is 5.93. The van der Waals surface area contributed by atoms with Gasteiger partial charge in [0.1, 0.15) is 16.6 Å². The number of hydrogen-bond acceptors (Lipinski definition) is 9. The van der Waals surface area contributed by atoms with Crippen molar-refractivity contribution in [2.75, 3.05) is 13.1 Å². The first-order valence-electron chi connectivity index (χ1n) is 10.6. The molecular weight excluding hydrogens is 596 g/mol. The average Bonchev–Trinajstić information content (AvgIpc) is 3.48. The fourth-order valence-electron chi connectivity index (χ4n) is 3.09. The summed E-state index contributed by atoms with van der Waals surface area (Å²) < 4.78 is 70.7. The third-order valence-electron chi connectivity index (χ3n) is 5.10. The molecule has 0 bridgehead atoms. The highest BCUT2D eigenvalue weighted by Crippen LogP contribution is 2.43. The zero-order valence-electron chi connectivity index (χ0n) is 19.8. The van der Waals surface area contributed by atoms with Gasteiger partial charge in [-0.05, 0) is 26.8 Å². The number of thiazole rings is 1. The Morgan fingerprint density at radius 3 is 2.34 bits per heavy atom. The predicted octanol–water partition coefficient (Wildman–Crippen LogP) is 3.98. The van der Waals surface area contributed by atoms with Gasteiger partial charge in [0.15, 0.2) is 5.01 Å². The summed E-state index contributed by atoms with van der Waals surface area (Å²) in [5.74, 6) is -2.23. The summed E-state index contributed by atoms with van der Waals surface area (Å²) in [6.45, 7) is 4.76. The minimum Gasteiger partial charge on any atom is -0.410 e. The van der Waals surface area contributed by atoms with E-state index in [0.29, 0.717) is 20.0 Å². The van der Waals surface area contributed by atoms with E-state index in [0.717, 1.165) is 17.4 Å². The van der Waals surface area contributed by atoms with Crippen molar-refractivity contribution in [3.05, 3.63) is 33.8 Å². The molecule has 3 aromatic rings. The van der Waals surface area contributed by atoms with Crippen LogP contribution in [0.5, 0.6) is 0 Å². The van der Waals surface area contributed by atoms with E-state index in [9.17, 15) is 31.2 Å². The maximum Gasteiger partial charge on any atom is 0.404 e. The number of alkyl halides is 3. The Kier molecular flexibility index (Phi) is 8.72. The van der Waals surface area contributed by atoms with Crippen LogP contribution >= 0.6 is 34.5 Å². The van der Waals surface area contributed by atoms with E-state index in [4.69, 9.17) is 33.4 Å². The first-order chi connectivity index (χ1) is 17.6. The number of nitrogens with two attached hydrogens (primary N) is 1. The normalized spacial score (nSPS) is 12.9. The number of rotatable bonds is 9. The highest BCUT2D eigenvalue weighted by atomic mass is 35.5. The molecule has 0 aliphatic rings. The van der Waals surface area contributed by atoms with Crippen molar-refractivity contribution >= 4 is 56.4 Å². The monoisotopic (exact) mass is 614 g/mol. The van der Waals surface area contributed by atoms with Gasteiger partial charge in [0, 0.05) is 18.7 Å². The van der Waals surface area contributed by atoms with Crippen molar-refractivity contribution in [1.82, 2.24) is 24.8 Å². The van der Waals surface area contributed by atoms with E-state index in [2.05, 4.69) is 15.2 Å². The second-order valence-corrected chi connectivity index (χ2v) is 11.0. The van der Waals surface area contributed by atoms with Crippen LogP contribution in [0.2, 0.25) is 10.0 Å². The Morgan fingerprint density at radius 2 is 1.82 bits per heavy atom. The third-order valence-corrected chi connectivity index (χ3v) is 8.76. The summed E-state index contributed by atoms with van der Waals surface area (Å²) in [5.41, 5.74) is 5.08. The van der Waals surface area contributed by atoms with Crippen LogP contribution in [0.3, 0.4) is 0 Å². The lowest BCUT2D eigenvalue weighted by Crippen LogP contribution is -2.43. The number of sulfonamides is 1. The number of halogens is 5. The van der Waals surface area contributed by atoms with Crippen LogP contribution in [0.1, 0.15) is 41.9 Å². The SMILES string of the molecule is CCN(CC)C(=O)c1nc(-c2nnc(C(N)=O)o2)sc1-c1ccc(S(=O)(=O)NC(C)C(F)(F)F)c(Cl)c1Cl. The molecule has 11 nitrogen and oxygen atoms in total. The van der Waals surface area contributed by atoms with E-state index in [-0.39, 0.29) is 32.1 Å². The first kappa shape index (κ1) is 29.8. The molecular formula is C20H19Cl2F3N6O5S2. The van der Waals surface area contributed by atoms with Crippen molar-refractivity contribution in [3.8, 4) is 21.3 Å². The van der Waals surface area contributed by atoms with Gasteiger partial charge in [-0.3, -0.25) is 9.59 Å². The van der Waals surface area contributed by atoms with E-state index >= 15 is 0 Å². The number of primary amides is 1. The van der Waals surface area contributed by atoms with Crippen LogP contribution < -0.4 is 10.5 Å². The van der Waals surface area contributed by atoms with Crippen LogP contribution in [0.4, 0.5) is 13.2 Å². The Balaban J connectivity index is 2.16. The van der Waals surface area contributed by atoms with Gasteiger partial charge in [-0.15, -0.1) is 21.5 Å². The van der Waals surface area contributed by atoms with Crippen molar-refractivity contribution in [3.63, 3.8) is 0 Å². The standard InChI is InChI=1S/C20H19Cl2F3N6O5S2/c1-4-31(5-2)19(33)13-14(37-18(27-13)17-29-28-16(36-17)15(26)32)9-6-7-10(12(22)11(9)21)38(34,35)30-8(3)20(23,24)25/h6-8,30H,4-5H2,1-3H3,(H2,26,32). The zero-order chi connectivity index (χ0) is 28.6. The number of aromatic nitrogens is 3. The smallest absolute Gasteiger partial charge is 0.404 e. The molecule has 3 rings (SSSR count). The van der Waals surface area contributed by atoms with Gasteiger partial charge in [-0.2, -0.15) is 17.9 Å². The summed E-state index contributed by atoms with van der Waals surface area (Å²) in [6, 6.07) is -0.262. The number of carbonyl (C=O) groups excluding carboxylic acids is 2. The second kappa shape index (κ2) is 11.1. The molecule has 2 aromatic heterocycles. The maximum atomic E-state index is 13.2. The van der Waals surface area contributed by atoms with E-state index < -0.39 is 49.9 Å². The zero-order valence-corrected chi connectivity index (χ0v) is 22.9. The molecule has 2 amide bonds. The molecule has 0 spiro atoms. The van der Waals surface area contributed by atoms with Crippen molar-refractivity contribution in [2.45, 2.75) is 37.9 Å². The molecule has 3 N–H and O–H groups in total. The second-order valence-electron chi connectivity index (χ2n) is 7.57. The molecule has 2 heterocycles. The minimum atomic E-state index is -4.84. The summed E-state index contributed by atoms with van der Waals surface area (Å²) >= 11 is 13.4. The average molecular weight is 615 g/mol. The Bertz CT molecular complexity index is 1490. The van der Waals surface area contributed by atoms with Gasteiger partial charge < -0.3 is 15.1 Å². The Morgan fingerprint density at radius 1 is 1.18 bits per heavy atom. The van der Waals surface area contributed by atoms with Crippen LogP contribution in [0.15, 0.2) is 21.4 Å². The molecule has 0 saturated heterocycles. The van der Waals surface area contributed by atoms with Crippen LogP contribution in [0.25, 0.3) is 21.3 Å². The molecule has 0 fully saturated rings. The van der Waals surface area contributed by atoms with Gasteiger partial charge in [-0.25, -0.2) is 13.4 Å². The van der Waals surface area contributed by atoms with Crippen molar-refractivity contribution in [2.24, 2.45) is 5.73 Å². The van der Waals surface area contributed by atoms with E-state index in [1.165, 1.54) is 15.7 Å². The summed E-state index contributed by atoms with van der Waals surface area (Å²) in [5, 5.41) is 6.29. The quantitative estimate of drug-likeness (QED) is 0.366. The van der Waals surface area contributed by atoms with Crippen molar-refractivity contribution < 1.29 is 35.6 Å². The first-order valence-corrected chi connectivity index (χ1v) is 13.7. The fourth-order valence-corrected chi connectivity index (χ4v) is 6.25. The van der Waals surface area contributed by atoms with Gasteiger partial charge in [-0.1, -0.05) is 29.3 Å². The van der Waals surface area contributed by atoms with E-state index in [1.807, 2.05) is 0 Å². The molecule has 1 unspecified atom stereocenters. The number of amides is 2. The predicted molar refractivity (Wildman–Crippen MR) is 132 cm³/mol. The largest absolute Gasteiger partial charge is 0.410 e. The molecule has 0 radical (unpaired) electrons. The topological polar surface area (TPSA) is 161 Å². The lowest BCUT2D eigenvalue weighted by Gasteiger charge is -2.19. The number of carbonyl (C=O) groups is 2. The molecule has 18 heteroatoms. The number of hydrogen-bond donors (Lipinski definition) is 2. The summed E-state index contributed by atoms with van der Waals surface area (Å²) in [4.78, 5) is 29.7. The van der Waals surface area contributed by atoms with Crippen LogP contribution in [-0.4, -0.2) is 65.6 Å². The van der Waals surface area contributed by atoms with Gasteiger partial charge >= 0.3 is 18.0 Å². The van der Waals surface area contributed by atoms with Crippen LogP contribution in [0, 0.1) is 0 Å². The molecule has 1 atom stereocenters. The molecule has 0 saturated carbocycles. The highest BCUT2D eigenvalue weighted by Gasteiger charge is 2.39. The number of benzene rings is 1. The molecule has 1 aromatic carbocycles. The Hall–Kier alpha value is -2.79. The Labute approximate surface area is 228 Å². The molecule has 0 aliphatic carbocycles. The van der Waals surface area contributed by atoms with Gasteiger partial charge in [0.25, 0.3) is 11.8 Å². The highest BCUT2D eigenvalue weighted by molar-refractivity contribution is 7.89. The number of nitrogens with zero attached hydrogens (tertiary/aromatic N) is 4. The number of nitrogens with one attached hydrogen (secondary N) is 1. The maximum absolute atomic E-state index is 13.2. The van der Waals surface area contributed by atoms with Crippen molar-refractivity contribution in [1.29, 1.82) is 0 Å².